The summed E-state index contributed by atoms with van der Waals surface area (Å²) < 4.78 is 7.97. The molecule has 0 saturated heterocycles. The lowest BCUT2D eigenvalue weighted by Gasteiger charge is -2.23. The summed E-state index contributed by atoms with van der Waals surface area (Å²) in [6, 6.07) is 10.0. The van der Waals surface area contributed by atoms with Crippen molar-refractivity contribution in [2.75, 3.05) is 0 Å². The Bertz CT molecular complexity index is 576. The van der Waals surface area contributed by atoms with E-state index in [0.717, 1.165) is 31.2 Å². The topological polar surface area (TPSA) is 30.2 Å². The van der Waals surface area contributed by atoms with Gasteiger partial charge in [0.05, 0.1) is 11.3 Å². The Labute approximate surface area is 135 Å². The van der Waals surface area contributed by atoms with Gasteiger partial charge in [0, 0.05) is 0 Å². The average molecular weight is 316 g/mol. The molecule has 0 unspecified atom stereocenters. The number of ether oxygens (including phenoxy) is 1. The van der Waals surface area contributed by atoms with Crippen LogP contribution >= 0.6 is 11.3 Å². The summed E-state index contributed by atoms with van der Waals surface area (Å²) in [5, 5.41) is 2.03. The van der Waals surface area contributed by atoms with E-state index in [9.17, 15) is 4.79 Å². The highest BCUT2D eigenvalue weighted by Gasteiger charge is 2.27. The van der Waals surface area contributed by atoms with Crippen molar-refractivity contribution in [1.29, 1.82) is 0 Å². The summed E-state index contributed by atoms with van der Waals surface area (Å²) in [6.07, 6.45) is 7.31. The summed E-state index contributed by atoms with van der Waals surface area (Å²) in [5.74, 6) is 0.0665. The molecule has 1 saturated carbocycles. The fourth-order valence-electron chi connectivity index (χ4n) is 3.01. The number of carbonyl (C=O) groups excluding carboxylic acids is 1. The molecule has 116 valence electrons. The van der Waals surface area contributed by atoms with E-state index in [-0.39, 0.29) is 18.0 Å². The number of aromatic nitrogens is 1. The molecule has 1 aromatic heterocycles. The van der Waals surface area contributed by atoms with Crippen molar-refractivity contribution in [3.63, 3.8) is 0 Å². The van der Waals surface area contributed by atoms with E-state index in [4.69, 9.17) is 4.74 Å². The van der Waals surface area contributed by atoms with Gasteiger partial charge < -0.3 is 4.74 Å². The molecule has 0 spiro atoms. The van der Waals surface area contributed by atoms with Crippen LogP contribution in [0.1, 0.15) is 43.8 Å². The van der Waals surface area contributed by atoms with Crippen molar-refractivity contribution in [2.45, 2.75) is 44.8 Å². The third kappa shape index (κ3) is 3.95. The van der Waals surface area contributed by atoms with E-state index in [1.54, 1.807) is 11.3 Å². The third-order valence-corrected chi connectivity index (χ3v) is 4.94. The molecule has 1 atom stereocenters. The van der Waals surface area contributed by atoms with Crippen molar-refractivity contribution in [3.8, 4) is 0 Å². The summed E-state index contributed by atoms with van der Waals surface area (Å²) >= 11 is 1.65. The van der Waals surface area contributed by atoms with Gasteiger partial charge in [-0.05, 0) is 18.4 Å². The third-order valence-electron chi connectivity index (χ3n) is 4.27. The lowest BCUT2D eigenvalue weighted by molar-refractivity contribution is -0.699. The van der Waals surface area contributed by atoms with Crippen LogP contribution in [0.15, 0.2) is 47.4 Å². The van der Waals surface area contributed by atoms with Crippen LogP contribution in [0, 0.1) is 5.92 Å². The molecule has 1 aliphatic carbocycles. The first kappa shape index (κ1) is 15.2. The van der Waals surface area contributed by atoms with E-state index in [2.05, 4.69) is 4.57 Å². The monoisotopic (exact) mass is 316 g/mol. The average Bonchev–Trinajstić information content (AvgIpc) is 3.09. The van der Waals surface area contributed by atoms with Gasteiger partial charge in [-0.1, -0.05) is 60.9 Å². The minimum absolute atomic E-state index is 0.0237. The van der Waals surface area contributed by atoms with Gasteiger partial charge >= 0.3 is 5.97 Å². The maximum atomic E-state index is 12.5. The Morgan fingerprint density at radius 1 is 1.23 bits per heavy atom. The number of benzene rings is 1. The fraction of sp³-hybridized carbons (Fsp3) is 0.444. The van der Waals surface area contributed by atoms with Gasteiger partial charge in [-0.15, -0.1) is 0 Å². The number of thiazole rings is 1. The maximum absolute atomic E-state index is 12.5. The molecule has 0 radical (unpaired) electrons. The first-order valence-electron chi connectivity index (χ1n) is 7.99. The Balaban J connectivity index is 1.71. The Kier molecular flexibility index (Phi) is 5.22. The molecular weight excluding hydrogens is 294 g/mol. The van der Waals surface area contributed by atoms with Crippen LogP contribution in [-0.4, -0.2) is 5.97 Å². The molecule has 2 aromatic rings. The van der Waals surface area contributed by atoms with Crippen LogP contribution in [0.4, 0.5) is 0 Å². The largest absolute Gasteiger partial charge is 0.450 e. The molecule has 1 heterocycles. The molecular formula is C18H22NO2S+. The zero-order valence-electron chi connectivity index (χ0n) is 12.7. The molecule has 0 amide bonds. The van der Waals surface area contributed by atoms with Crippen LogP contribution in [0.5, 0.6) is 0 Å². The second-order valence-corrected chi connectivity index (χ2v) is 6.65. The second kappa shape index (κ2) is 7.54. The number of esters is 1. The second-order valence-electron chi connectivity index (χ2n) is 5.89. The number of hydrogen-bond acceptors (Lipinski definition) is 3. The van der Waals surface area contributed by atoms with E-state index in [1.807, 2.05) is 47.4 Å². The van der Waals surface area contributed by atoms with Crippen molar-refractivity contribution in [2.24, 2.45) is 5.92 Å². The molecule has 3 rings (SSSR count). The fourth-order valence-corrected chi connectivity index (χ4v) is 3.62. The van der Waals surface area contributed by atoms with Gasteiger partial charge in [0.1, 0.15) is 0 Å². The first-order chi connectivity index (χ1) is 10.8. The molecule has 22 heavy (non-hydrogen) atoms. The highest BCUT2D eigenvalue weighted by atomic mass is 32.1. The van der Waals surface area contributed by atoms with Crippen LogP contribution in [0.25, 0.3) is 0 Å². The molecule has 0 aliphatic heterocycles. The smallest absolute Gasteiger partial charge is 0.309 e. The lowest BCUT2D eigenvalue weighted by atomic mass is 9.89. The van der Waals surface area contributed by atoms with Crippen LogP contribution in [0.2, 0.25) is 0 Å². The number of carbonyl (C=O) groups is 1. The summed E-state index contributed by atoms with van der Waals surface area (Å²) in [4.78, 5) is 12.5. The van der Waals surface area contributed by atoms with Crippen LogP contribution in [0.3, 0.4) is 0 Å². The van der Waals surface area contributed by atoms with Crippen molar-refractivity contribution in [3.05, 3.63) is 53.0 Å². The number of rotatable bonds is 5. The predicted octanol–water partition coefficient (Wildman–Crippen LogP) is 3.90. The lowest BCUT2D eigenvalue weighted by Crippen LogP contribution is -2.36. The van der Waals surface area contributed by atoms with E-state index in [0.29, 0.717) is 6.54 Å². The quantitative estimate of drug-likeness (QED) is 0.618. The van der Waals surface area contributed by atoms with Crippen molar-refractivity contribution in [1.82, 2.24) is 0 Å². The SMILES string of the molecule is O=C(O[C@H](C[n+]1ccsc1)c1ccccc1)C1CCCCC1. The van der Waals surface area contributed by atoms with Crippen molar-refractivity contribution >= 4 is 17.3 Å². The normalized spacial score (nSPS) is 17.1. The van der Waals surface area contributed by atoms with Crippen LogP contribution < -0.4 is 4.57 Å². The van der Waals surface area contributed by atoms with Crippen LogP contribution in [-0.2, 0) is 16.1 Å². The highest BCUT2D eigenvalue weighted by molar-refractivity contribution is 7.07. The van der Waals surface area contributed by atoms with Gasteiger partial charge in [-0.3, -0.25) is 4.79 Å². The Hall–Kier alpha value is -1.68. The van der Waals surface area contributed by atoms with Gasteiger partial charge in [0.25, 0.3) is 0 Å². The highest BCUT2D eigenvalue weighted by Crippen LogP contribution is 2.27. The van der Waals surface area contributed by atoms with E-state index < -0.39 is 0 Å². The summed E-state index contributed by atoms with van der Waals surface area (Å²) in [7, 11) is 0. The Morgan fingerprint density at radius 3 is 2.68 bits per heavy atom. The van der Waals surface area contributed by atoms with E-state index in [1.165, 1.54) is 6.42 Å². The van der Waals surface area contributed by atoms with Gasteiger partial charge in [0.15, 0.2) is 18.8 Å². The minimum atomic E-state index is -0.213. The summed E-state index contributed by atoms with van der Waals surface area (Å²) in [6.45, 7) is 0.673. The van der Waals surface area contributed by atoms with E-state index >= 15 is 0 Å². The standard InChI is InChI=1S/C18H22NO2S/c20-18(16-9-5-2-6-10-16)21-17(13-19-11-12-22-14-19)15-7-3-1-4-8-15/h1,3-4,7-8,11-12,14,16-17H,2,5-6,9-10,13H2/q+1/t17-/m1/s1. The predicted molar refractivity (Wildman–Crippen MR) is 86.4 cm³/mol. The zero-order chi connectivity index (χ0) is 15.2. The molecule has 1 aromatic carbocycles. The Morgan fingerprint density at radius 2 is 2.00 bits per heavy atom. The number of hydrogen-bond donors (Lipinski definition) is 0. The number of nitrogens with zero attached hydrogens (tertiary/aromatic N) is 1. The molecule has 4 heteroatoms. The molecule has 1 fully saturated rings. The molecule has 1 aliphatic rings. The molecule has 3 nitrogen and oxygen atoms in total. The minimum Gasteiger partial charge on any atom is -0.450 e. The molecule has 0 N–H and O–H groups in total. The zero-order valence-corrected chi connectivity index (χ0v) is 13.5. The summed E-state index contributed by atoms with van der Waals surface area (Å²) in [5.41, 5.74) is 3.11. The van der Waals surface area contributed by atoms with Crippen molar-refractivity contribution < 1.29 is 14.1 Å². The first-order valence-corrected chi connectivity index (χ1v) is 8.94. The maximum Gasteiger partial charge on any atom is 0.309 e. The molecule has 0 bridgehead atoms. The van der Waals surface area contributed by atoms with Gasteiger partial charge in [0.2, 0.25) is 5.51 Å². The van der Waals surface area contributed by atoms with Gasteiger partial charge in [-0.25, -0.2) is 0 Å². The van der Waals surface area contributed by atoms with Gasteiger partial charge in [-0.2, -0.15) is 4.57 Å².